The number of aromatic nitrogens is 1. The van der Waals surface area contributed by atoms with Crippen molar-refractivity contribution in [2.24, 2.45) is 5.92 Å². The predicted octanol–water partition coefficient (Wildman–Crippen LogP) is 5.31. The van der Waals surface area contributed by atoms with Gasteiger partial charge >= 0.3 is 5.97 Å². The Morgan fingerprint density at radius 2 is 2.15 bits per heavy atom. The number of unbranched alkanes of at least 4 members (excludes halogenated alkanes) is 1. The predicted molar refractivity (Wildman–Crippen MR) is 150 cm³/mol. The van der Waals surface area contributed by atoms with Gasteiger partial charge in [0.05, 0.1) is 30.7 Å². The maximum Gasteiger partial charge on any atom is 0.325 e. The lowest BCUT2D eigenvalue weighted by molar-refractivity contribution is -0.143. The van der Waals surface area contributed by atoms with Crippen LogP contribution < -0.4 is 10.1 Å². The summed E-state index contributed by atoms with van der Waals surface area (Å²) in [6.07, 6.45) is 7.00. The minimum Gasteiger partial charge on any atom is -0.494 e. The van der Waals surface area contributed by atoms with Gasteiger partial charge < -0.3 is 24.6 Å². The number of carboxylic acids is 1. The first-order valence-electron chi connectivity index (χ1n) is 14.7. The highest BCUT2D eigenvalue weighted by molar-refractivity contribution is 5.76. The quantitative estimate of drug-likeness (QED) is 0.360. The number of ether oxygens (including phenoxy) is 3. The summed E-state index contributed by atoms with van der Waals surface area (Å²) in [4.78, 5) is 19.3. The number of anilines is 1. The number of pyridine rings is 1. The second kappa shape index (κ2) is 13.3. The monoisotopic (exact) mass is 555 g/mol. The molecule has 5 rings (SSSR count). The average molecular weight is 556 g/mol. The molecule has 4 atom stereocenters. The number of benzene rings is 1. The minimum absolute atomic E-state index is 0.0423. The highest BCUT2D eigenvalue weighted by Crippen LogP contribution is 2.37. The lowest BCUT2D eigenvalue weighted by atomic mass is 9.92. The molecular formula is C31H42FN3O5. The van der Waals surface area contributed by atoms with E-state index < -0.39 is 17.8 Å². The summed E-state index contributed by atoms with van der Waals surface area (Å²) in [5.74, 6) is 0.0114. The topological polar surface area (TPSA) is 93.2 Å². The molecule has 2 aromatic rings. The zero-order chi connectivity index (χ0) is 28.1. The normalized spacial score (nSPS) is 23.8. The Hall–Kier alpha value is -2.75. The molecule has 0 saturated carbocycles. The smallest absolute Gasteiger partial charge is 0.325 e. The highest BCUT2D eigenvalue weighted by atomic mass is 19.1. The van der Waals surface area contributed by atoms with E-state index >= 15 is 0 Å². The Morgan fingerprint density at radius 1 is 1.27 bits per heavy atom. The number of carboxylic acid groups (broad SMARTS) is 1. The number of aryl methyl sites for hydroxylation is 1. The molecule has 2 fully saturated rings. The van der Waals surface area contributed by atoms with E-state index in [9.17, 15) is 14.3 Å². The number of hydrogen-bond donors (Lipinski definition) is 2. The fourth-order valence-corrected chi connectivity index (χ4v) is 6.26. The molecule has 0 amide bonds. The molecule has 2 unspecified atom stereocenters. The van der Waals surface area contributed by atoms with Gasteiger partial charge in [0.25, 0.3) is 0 Å². The van der Waals surface area contributed by atoms with Gasteiger partial charge in [-0.2, -0.15) is 0 Å². The van der Waals surface area contributed by atoms with Crippen LogP contribution >= 0.6 is 0 Å². The van der Waals surface area contributed by atoms with Gasteiger partial charge in [-0.3, -0.25) is 14.7 Å². The lowest BCUT2D eigenvalue weighted by Gasteiger charge is -2.30. The molecule has 2 N–H and O–H groups in total. The SMILES string of the molecule is COc1cc(CCCCO[C@@H]2CCN(C(C(=O)O)c3cc(F)ccc3[C@@H]3CCCCO3)C2)nc2c1NCC(C)C2. The van der Waals surface area contributed by atoms with Crippen molar-refractivity contribution in [2.75, 3.05) is 45.3 Å². The summed E-state index contributed by atoms with van der Waals surface area (Å²) >= 11 is 0. The van der Waals surface area contributed by atoms with Crippen LogP contribution in [0.25, 0.3) is 0 Å². The first-order chi connectivity index (χ1) is 19.4. The second-order valence-corrected chi connectivity index (χ2v) is 11.4. The Balaban J connectivity index is 1.14. The Bertz CT molecular complexity index is 1170. The zero-order valence-electron chi connectivity index (χ0n) is 23.7. The van der Waals surface area contributed by atoms with Gasteiger partial charge in [-0.15, -0.1) is 0 Å². The summed E-state index contributed by atoms with van der Waals surface area (Å²) in [6.45, 7) is 5.51. The number of fused-ring (bicyclic) bond motifs is 1. The van der Waals surface area contributed by atoms with Crippen molar-refractivity contribution in [3.8, 4) is 5.75 Å². The van der Waals surface area contributed by atoms with Gasteiger partial charge in [0.15, 0.2) is 0 Å². The van der Waals surface area contributed by atoms with E-state index in [1.807, 2.05) is 11.0 Å². The fraction of sp³-hybridized carbons (Fsp3) is 0.613. The van der Waals surface area contributed by atoms with Gasteiger partial charge in [-0.05, 0) is 80.5 Å². The van der Waals surface area contributed by atoms with Crippen LogP contribution in [0, 0.1) is 11.7 Å². The van der Waals surface area contributed by atoms with Gasteiger partial charge in [0.1, 0.15) is 17.6 Å². The number of hydrogen-bond acceptors (Lipinski definition) is 7. The summed E-state index contributed by atoms with van der Waals surface area (Å²) in [5, 5.41) is 13.6. The second-order valence-electron chi connectivity index (χ2n) is 11.4. The number of nitrogens with one attached hydrogen (secondary N) is 1. The summed E-state index contributed by atoms with van der Waals surface area (Å²) in [6, 6.07) is 5.58. The molecule has 2 saturated heterocycles. The number of likely N-dealkylation sites (tertiary alicyclic amines) is 1. The van der Waals surface area contributed by atoms with Crippen molar-refractivity contribution in [3.05, 3.63) is 52.6 Å². The molecule has 3 aliphatic heterocycles. The molecule has 0 aliphatic carbocycles. The molecule has 40 heavy (non-hydrogen) atoms. The van der Waals surface area contributed by atoms with Crippen molar-refractivity contribution < 1.29 is 28.5 Å². The fourth-order valence-electron chi connectivity index (χ4n) is 6.26. The Labute approximate surface area is 236 Å². The van der Waals surface area contributed by atoms with E-state index in [2.05, 4.69) is 12.2 Å². The standard InChI is InChI=1S/C31H42FN3O5/c1-20-15-26-29(33-18-20)28(38-2)17-22(34-26)7-3-5-13-39-23-11-12-35(19-23)30(31(36)37)25-16-21(32)9-10-24(25)27-8-4-6-14-40-27/h9-10,16-17,20,23,27,30,33H,3-8,11-15,18-19H2,1-2H3,(H,36,37)/t20?,23-,27+,30?/m1/s1. The number of rotatable bonds is 11. The summed E-state index contributed by atoms with van der Waals surface area (Å²) < 4.78 is 32.0. The molecule has 1 aromatic carbocycles. The molecule has 218 valence electrons. The number of halogens is 1. The van der Waals surface area contributed by atoms with Crippen LogP contribution in [-0.2, 0) is 27.1 Å². The van der Waals surface area contributed by atoms with E-state index in [-0.39, 0.29) is 12.2 Å². The Morgan fingerprint density at radius 3 is 2.92 bits per heavy atom. The first-order valence-corrected chi connectivity index (χ1v) is 14.7. The van der Waals surface area contributed by atoms with Crippen LogP contribution in [0.4, 0.5) is 10.1 Å². The zero-order valence-corrected chi connectivity index (χ0v) is 23.7. The molecule has 9 heteroatoms. The molecule has 8 nitrogen and oxygen atoms in total. The van der Waals surface area contributed by atoms with Crippen molar-refractivity contribution in [3.63, 3.8) is 0 Å². The minimum atomic E-state index is -0.971. The van der Waals surface area contributed by atoms with E-state index in [1.54, 1.807) is 13.2 Å². The molecule has 0 bridgehead atoms. The summed E-state index contributed by atoms with van der Waals surface area (Å²) in [7, 11) is 1.70. The van der Waals surface area contributed by atoms with Crippen molar-refractivity contribution in [1.82, 2.24) is 9.88 Å². The lowest BCUT2D eigenvalue weighted by Crippen LogP contribution is -2.34. The van der Waals surface area contributed by atoms with E-state index in [0.29, 0.717) is 37.8 Å². The number of nitrogens with zero attached hydrogens (tertiary/aromatic N) is 2. The third kappa shape index (κ3) is 6.75. The number of methoxy groups -OCH3 is 1. The van der Waals surface area contributed by atoms with Crippen LogP contribution in [0.5, 0.6) is 5.75 Å². The third-order valence-electron chi connectivity index (χ3n) is 8.33. The average Bonchev–Trinajstić information content (AvgIpc) is 3.40. The van der Waals surface area contributed by atoms with Gasteiger partial charge in [-0.25, -0.2) is 4.39 Å². The molecular weight excluding hydrogens is 513 g/mol. The van der Waals surface area contributed by atoms with Gasteiger partial charge in [0, 0.05) is 44.6 Å². The van der Waals surface area contributed by atoms with Gasteiger partial charge in [-0.1, -0.05) is 13.0 Å². The highest BCUT2D eigenvalue weighted by Gasteiger charge is 2.36. The summed E-state index contributed by atoms with van der Waals surface area (Å²) in [5.41, 5.74) is 4.43. The van der Waals surface area contributed by atoms with Crippen molar-refractivity contribution in [1.29, 1.82) is 0 Å². The first kappa shape index (κ1) is 28.8. The van der Waals surface area contributed by atoms with E-state index in [0.717, 1.165) is 86.3 Å². The van der Waals surface area contributed by atoms with E-state index in [4.69, 9.17) is 19.2 Å². The number of carbonyl (C=O) groups is 1. The maximum atomic E-state index is 14.3. The molecule has 4 heterocycles. The van der Waals surface area contributed by atoms with Crippen LogP contribution in [0.1, 0.15) is 80.1 Å². The van der Waals surface area contributed by atoms with Crippen molar-refractivity contribution in [2.45, 2.75) is 76.5 Å². The molecule has 0 spiro atoms. The van der Waals surface area contributed by atoms with E-state index in [1.165, 1.54) is 12.1 Å². The van der Waals surface area contributed by atoms with Crippen LogP contribution in [0.15, 0.2) is 24.3 Å². The maximum absolute atomic E-state index is 14.3. The third-order valence-corrected chi connectivity index (χ3v) is 8.33. The molecule has 1 aromatic heterocycles. The molecule has 0 radical (unpaired) electrons. The number of aliphatic carboxylic acids is 1. The largest absolute Gasteiger partial charge is 0.494 e. The molecule has 3 aliphatic rings. The van der Waals surface area contributed by atoms with Crippen LogP contribution in [0.3, 0.4) is 0 Å². The van der Waals surface area contributed by atoms with Crippen molar-refractivity contribution >= 4 is 11.7 Å². The van der Waals surface area contributed by atoms with Crippen LogP contribution in [-0.4, -0.2) is 67.0 Å². The van der Waals surface area contributed by atoms with Gasteiger partial charge in [0.2, 0.25) is 0 Å². The Kier molecular flexibility index (Phi) is 9.55. The van der Waals surface area contributed by atoms with Crippen LogP contribution in [0.2, 0.25) is 0 Å².